The van der Waals surface area contributed by atoms with Crippen molar-refractivity contribution in [3.8, 4) is 22.6 Å². The van der Waals surface area contributed by atoms with Gasteiger partial charge in [-0.05, 0) is 54.4 Å². The molecule has 26 heavy (non-hydrogen) atoms. The van der Waals surface area contributed by atoms with Crippen LogP contribution in [-0.4, -0.2) is 17.6 Å². The lowest BCUT2D eigenvalue weighted by Crippen LogP contribution is -2.14. The number of halogens is 1. The van der Waals surface area contributed by atoms with E-state index in [1.165, 1.54) is 18.2 Å². The molecule has 0 radical (unpaired) electrons. The Hall–Kier alpha value is -3.41. The van der Waals surface area contributed by atoms with Crippen LogP contribution in [-0.2, 0) is 0 Å². The molecule has 3 aromatic rings. The number of rotatable bonds is 3. The lowest BCUT2D eigenvalue weighted by Gasteiger charge is -2.09. The number of ether oxygens (including phenoxy) is 2. The zero-order chi connectivity index (χ0) is 19.9. The number of aromatic nitrogens is 1. The average Bonchev–Trinajstić information content (AvgIpc) is 2.95. The number of amides is 1. The van der Waals surface area contributed by atoms with E-state index >= 15 is 0 Å². The molecule has 0 aliphatic carbocycles. The summed E-state index contributed by atoms with van der Waals surface area (Å²) in [6, 6.07) is 12.5. The molecule has 1 aromatic heterocycles. The van der Waals surface area contributed by atoms with Crippen molar-refractivity contribution in [2.24, 2.45) is 0 Å². The van der Waals surface area contributed by atoms with E-state index < -0.39 is 18.5 Å². The number of aryl methyl sites for hydroxylation is 1. The minimum atomic E-state index is -2.19. The summed E-state index contributed by atoms with van der Waals surface area (Å²) in [7, 11) is 0. The molecule has 2 heterocycles. The Balaban J connectivity index is 1.56. The van der Waals surface area contributed by atoms with Gasteiger partial charge in [-0.25, -0.2) is 9.37 Å². The van der Waals surface area contributed by atoms with Crippen molar-refractivity contribution in [2.45, 2.75) is 6.92 Å². The van der Waals surface area contributed by atoms with Crippen LogP contribution in [0.5, 0.6) is 11.5 Å². The molecule has 1 aliphatic rings. The number of pyridine rings is 1. The van der Waals surface area contributed by atoms with E-state index in [0.29, 0.717) is 11.5 Å². The van der Waals surface area contributed by atoms with Gasteiger partial charge in [0, 0.05) is 11.8 Å². The van der Waals surface area contributed by atoms with Crippen molar-refractivity contribution in [3.63, 3.8) is 0 Å². The Bertz CT molecular complexity index is 1070. The first-order valence-corrected chi connectivity index (χ1v) is 7.87. The predicted molar refractivity (Wildman–Crippen MR) is 94.9 cm³/mol. The number of carbonyl (C=O) groups is 1. The summed E-state index contributed by atoms with van der Waals surface area (Å²) in [6.07, 6.45) is 1.57. The van der Waals surface area contributed by atoms with Crippen LogP contribution in [0.25, 0.3) is 11.1 Å². The van der Waals surface area contributed by atoms with Crippen LogP contribution in [0.15, 0.2) is 54.7 Å². The van der Waals surface area contributed by atoms with Gasteiger partial charge in [-0.1, -0.05) is 12.1 Å². The Morgan fingerprint density at radius 3 is 2.69 bits per heavy atom. The molecule has 1 N–H and O–H groups in total. The smallest absolute Gasteiger partial charge is 0.259 e. The molecule has 1 aliphatic heterocycles. The van der Waals surface area contributed by atoms with Gasteiger partial charge in [-0.3, -0.25) is 4.79 Å². The van der Waals surface area contributed by atoms with Crippen LogP contribution >= 0.6 is 0 Å². The fourth-order valence-electron chi connectivity index (χ4n) is 2.70. The van der Waals surface area contributed by atoms with Crippen molar-refractivity contribution in [2.75, 3.05) is 12.1 Å². The lowest BCUT2D eigenvalue weighted by molar-refractivity contribution is 0.102. The molecule has 1 amide bonds. The molecule has 0 bridgehead atoms. The SMILES string of the molecule is [2H]C1([2H])Oc2cc(C)c(-c3ccc(NC(=O)c4ccccc4F)nc3)cc2O1. The minimum Gasteiger partial charge on any atom is -0.454 e. The monoisotopic (exact) mass is 352 g/mol. The third-order valence-corrected chi connectivity index (χ3v) is 4.03. The second kappa shape index (κ2) is 6.48. The molecule has 0 spiro atoms. The molecule has 6 heteroatoms. The summed E-state index contributed by atoms with van der Waals surface area (Å²) < 4.78 is 39.0. The van der Waals surface area contributed by atoms with E-state index in [0.717, 1.165) is 16.7 Å². The highest BCUT2D eigenvalue weighted by atomic mass is 19.1. The number of nitrogens with zero attached hydrogens (tertiary/aromatic N) is 1. The molecule has 2 aromatic carbocycles. The van der Waals surface area contributed by atoms with E-state index in [-0.39, 0.29) is 11.4 Å². The van der Waals surface area contributed by atoms with Crippen LogP contribution in [0.3, 0.4) is 0 Å². The molecule has 5 nitrogen and oxygen atoms in total. The van der Waals surface area contributed by atoms with Crippen molar-refractivity contribution in [3.05, 3.63) is 71.7 Å². The molecular formula is C20H15FN2O3. The highest BCUT2D eigenvalue weighted by Crippen LogP contribution is 2.38. The topological polar surface area (TPSA) is 60.5 Å². The van der Waals surface area contributed by atoms with E-state index in [4.69, 9.17) is 12.2 Å². The van der Waals surface area contributed by atoms with Crippen LogP contribution in [0.4, 0.5) is 10.2 Å². The molecule has 0 fully saturated rings. The Labute approximate surface area is 152 Å². The molecule has 4 rings (SSSR count). The number of hydrogen-bond acceptors (Lipinski definition) is 4. The van der Waals surface area contributed by atoms with Gasteiger partial charge in [-0.15, -0.1) is 0 Å². The van der Waals surface area contributed by atoms with E-state index in [9.17, 15) is 9.18 Å². The molecule has 0 saturated heterocycles. The van der Waals surface area contributed by atoms with Gasteiger partial charge in [-0.2, -0.15) is 0 Å². The van der Waals surface area contributed by atoms with Gasteiger partial charge in [0.25, 0.3) is 5.91 Å². The van der Waals surface area contributed by atoms with Gasteiger partial charge in [0.1, 0.15) is 14.4 Å². The number of benzene rings is 2. The van der Waals surface area contributed by atoms with Crippen molar-refractivity contribution in [1.82, 2.24) is 4.98 Å². The first-order chi connectivity index (χ1) is 13.3. The number of nitrogens with one attached hydrogen (secondary N) is 1. The van der Waals surface area contributed by atoms with Crippen molar-refractivity contribution < 1.29 is 21.4 Å². The highest BCUT2D eigenvalue weighted by Gasteiger charge is 2.17. The number of fused-ring (bicyclic) bond motifs is 1. The van der Waals surface area contributed by atoms with E-state index in [1.54, 1.807) is 36.5 Å². The zero-order valence-electron chi connectivity index (χ0n) is 15.7. The van der Waals surface area contributed by atoms with Crippen LogP contribution in [0, 0.1) is 12.7 Å². The lowest BCUT2D eigenvalue weighted by atomic mass is 10.0. The summed E-state index contributed by atoms with van der Waals surface area (Å²) in [4.78, 5) is 16.4. The maximum absolute atomic E-state index is 13.7. The standard InChI is InChI=1S/C20H15FN2O3/c1-12-8-17-18(26-11-25-17)9-15(12)13-6-7-19(22-10-13)23-20(24)14-4-2-3-5-16(14)21/h2-10H,11H2,1H3,(H,22,23,24)/i11D2. The van der Waals surface area contributed by atoms with E-state index in [1.807, 2.05) is 6.92 Å². The van der Waals surface area contributed by atoms with Gasteiger partial charge >= 0.3 is 0 Å². The van der Waals surface area contributed by atoms with Crippen LogP contribution in [0.1, 0.15) is 18.7 Å². The molecular weight excluding hydrogens is 335 g/mol. The average molecular weight is 352 g/mol. The summed E-state index contributed by atoms with van der Waals surface area (Å²) in [6.45, 7) is -0.326. The van der Waals surface area contributed by atoms with Gasteiger partial charge < -0.3 is 14.8 Å². The summed E-state index contributed by atoms with van der Waals surface area (Å²) in [5, 5.41) is 2.56. The van der Waals surface area contributed by atoms with Crippen molar-refractivity contribution >= 4 is 11.7 Å². The first kappa shape index (κ1) is 13.8. The van der Waals surface area contributed by atoms with Crippen molar-refractivity contribution in [1.29, 1.82) is 0 Å². The van der Waals surface area contributed by atoms with Gasteiger partial charge in [0.15, 0.2) is 11.5 Å². The van der Waals surface area contributed by atoms with E-state index in [2.05, 4.69) is 10.3 Å². The second-order valence-electron chi connectivity index (χ2n) is 5.77. The van der Waals surface area contributed by atoms with Gasteiger partial charge in [0.2, 0.25) is 6.75 Å². The third kappa shape index (κ3) is 2.97. The Kier molecular flexibility index (Phi) is 3.45. The number of anilines is 1. The largest absolute Gasteiger partial charge is 0.454 e. The number of hydrogen-bond donors (Lipinski definition) is 1. The van der Waals surface area contributed by atoms with Crippen LogP contribution in [0.2, 0.25) is 0 Å². The Morgan fingerprint density at radius 1 is 1.19 bits per heavy atom. The molecule has 130 valence electrons. The predicted octanol–water partition coefficient (Wildman–Crippen LogP) is 4.18. The first-order valence-electron chi connectivity index (χ1n) is 8.87. The fourth-order valence-corrected chi connectivity index (χ4v) is 2.70. The summed E-state index contributed by atoms with van der Waals surface area (Å²) >= 11 is 0. The zero-order valence-corrected chi connectivity index (χ0v) is 13.7. The maximum Gasteiger partial charge on any atom is 0.259 e. The minimum absolute atomic E-state index is 0.0609. The highest BCUT2D eigenvalue weighted by molar-refractivity contribution is 6.04. The summed E-state index contributed by atoms with van der Waals surface area (Å²) in [5.74, 6) is -0.255. The quantitative estimate of drug-likeness (QED) is 0.768. The van der Waals surface area contributed by atoms with Gasteiger partial charge in [0.05, 0.1) is 5.56 Å². The van der Waals surface area contributed by atoms with Crippen LogP contribution < -0.4 is 14.8 Å². The molecule has 0 saturated carbocycles. The molecule has 0 atom stereocenters. The fraction of sp³-hybridized carbons (Fsp3) is 0.100. The molecule has 0 unspecified atom stereocenters. The number of carbonyl (C=O) groups excluding carboxylic acids is 1. The maximum atomic E-state index is 13.7. The summed E-state index contributed by atoms with van der Waals surface area (Å²) in [5.41, 5.74) is 2.33. The normalized spacial score (nSPS) is 15.2. The third-order valence-electron chi connectivity index (χ3n) is 4.03. The second-order valence-corrected chi connectivity index (χ2v) is 5.77. The Morgan fingerprint density at radius 2 is 1.96 bits per heavy atom.